The molecule has 184 valence electrons. The third-order valence-corrected chi connectivity index (χ3v) is 8.49. The minimum atomic E-state index is -3.46. The fraction of sp³-hybridized carbons (Fsp3) is 0.519. The van der Waals surface area contributed by atoms with Crippen LogP contribution in [0.2, 0.25) is 0 Å². The molecule has 1 saturated carbocycles. The third-order valence-electron chi connectivity index (χ3n) is 7.31. The average molecular weight is 485 g/mol. The molecule has 1 heterocycles. The number of anilines is 1. The van der Waals surface area contributed by atoms with E-state index in [2.05, 4.69) is 5.32 Å². The number of aryl methyl sites for hydroxylation is 1. The van der Waals surface area contributed by atoms with Crippen molar-refractivity contribution in [1.82, 2.24) is 5.32 Å². The number of rotatable bonds is 7. The maximum absolute atomic E-state index is 13.0. The molecule has 0 aromatic heterocycles. The van der Waals surface area contributed by atoms with Gasteiger partial charge < -0.3 is 10.1 Å². The largest absolute Gasteiger partial charge is 0.487 e. The van der Waals surface area contributed by atoms with Crippen LogP contribution >= 0.6 is 0 Å². The van der Waals surface area contributed by atoms with Crippen molar-refractivity contribution in [2.75, 3.05) is 17.1 Å². The predicted molar refractivity (Wildman–Crippen MR) is 136 cm³/mol. The van der Waals surface area contributed by atoms with Crippen LogP contribution in [-0.4, -0.2) is 32.7 Å². The first kappa shape index (κ1) is 24.6. The van der Waals surface area contributed by atoms with E-state index in [0.29, 0.717) is 12.1 Å². The van der Waals surface area contributed by atoms with Gasteiger partial charge in [-0.25, -0.2) is 8.42 Å². The van der Waals surface area contributed by atoms with Gasteiger partial charge in [-0.1, -0.05) is 36.8 Å². The molecule has 2 aliphatic rings. The van der Waals surface area contributed by atoms with Crippen LogP contribution in [0.5, 0.6) is 5.75 Å². The molecule has 1 amide bonds. The van der Waals surface area contributed by atoms with Crippen LogP contribution in [0.3, 0.4) is 0 Å². The summed E-state index contributed by atoms with van der Waals surface area (Å²) < 4.78 is 32.9. The number of hydrogen-bond donors (Lipinski definition) is 1. The molecule has 1 unspecified atom stereocenters. The Hall–Kier alpha value is -2.54. The number of amides is 1. The molecule has 6 nitrogen and oxygen atoms in total. The Morgan fingerprint density at radius 2 is 1.82 bits per heavy atom. The zero-order valence-electron chi connectivity index (χ0n) is 20.5. The number of nitrogens with one attached hydrogen (secondary N) is 1. The summed E-state index contributed by atoms with van der Waals surface area (Å²) in [6, 6.07) is 13.6. The summed E-state index contributed by atoms with van der Waals surface area (Å²) in [4.78, 5) is 13.0. The first-order chi connectivity index (χ1) is 16.2. The highest BCUT2D eigenvalue weighted by Crippen LogP contribution is 2.46. The molecular weight excluding hydrogens is 448 g/mol. The van der Waals surface area contributed by atoms with Gasteiger partial charge in [0.05, 0.1) is 18.0 Å². The lowest BCUT2D eigenvalue weighted by molar-refractivity contribution is -0.122. The number of nitrogens with zero attached hydrogens (tertiary/aromatic N) is 1. The first-order valence-electron chi connectivity index (χ1n) is 12.3. The summed E-state index contributed by atoms with van der Waals surface area (Å²) >= 11 is 0. The molecule has 1 atom stereocenters. The molecule has 0 bridgehead atoms. The maximum Gasteiger partial charge on any atom is 0.232 e. The van der Waals surface area contributed by atoms with Crippen molar-refractivity contribution in [3.8, 4) is 5.75 Å². The van der Waals surface area contributed by atoms with E-state index in [1.54, 1.807) is 0 Å². The van der Waals surface area contributed by atoms with Gasteiger partial charge in [0.2, 0.25) is 15.9 Å². The Bertz CT molecular complexity index is 1140. The van der Waals surface area contributed by atoms with E-state index >= 15 is 0 Å². The van der Waals surface area contributed by atoms with Crippen LogP contribution in [0.1, 0.15) is 74.1 Å². The minimum Gasteiger partial charge on any atom is -0.487 e. The monoisotopic (exact) mass is 484 g/mol. The van der Waals surface area contributed by atoms with Gasteiger partial charge in [0, 0.05) is 24.9 Å². The SMILES string of the molecule is Cc1cccc(N(CCCC(=O)NC2CC3(CCCCC3)Oc3ccccc32)S(C)(=O)=O)c1C. The quantitative estimate of drug-likeness (QED) is 0.587. The zero-order valence-corrected chi connectivity index (χ0v) is 21.3. The van der Waals surface area contributed by atoms with Gasteiger partial charge >= 0.3 is 0 Å². The Kier molecular flexibility index (Phi) is 7.22. The van der Waals surface area contributed by atoms with Gasteiger partial charge in [-0.05, 0) is 69.2 Å². The Labute approximate surface area is 203 Å². The molecule has 7 heteroatoms. The van der Waals surface area contributed by atoms with Crippen molar-refractivity contribution in [2.24, 2.45) is 0 Å². The molecule has 1 fully saturated rings. The van der Waals surface area contributed by atoms with E-state index in [4.69, 9.17) is 4.74 Å². The molecule has 0 radical (unpaired) electrons. The second-order valence-corrected chi connectivity index (χ2v) is 11.8. The van der Waals surface area contributed by atoms with Crippen molar-refractivity contribution < 1.29 is 17.9 Å². The minimum absolute atomic E-state index is 0.0536. The Balaban J connectivity index is 1.42. The fourth-order valence-electron chi connectivity index (χ4n) is 5.37. The smallest absolute Gasteiger partial charge is 0.232 e. The van der Waals surface area contributed by atoms with Crippen molar-refractivity contribution >= 4 is 21.6 Å². The van der Waals surface area contributed by atoms with Gasteiger partial charge in [0.15, 0.2) is 0 Å². The van der Waals surface area contributed by atoms with Gasteiger partial charge in [0.25, 0.3) is 0 Å². The normalized spacial score (nSPS) is 19.2. The van der Waals surface area contributed by atoms with Crippen LogP contribution in [0.15, 0.2) is 42.5 Å². The van der Waals surface area contributed by atoms with Crippen molar-refractivity contribution in [3.05, 3.63) is 59.2 Å². The topological polar surface area (TPSA) is 75.7 Å². The first-order valence-corrected chi connectivity index (χ1v) is 14.1. The molecule has 2 aromatic carbocycles. The number of benzene rings is 2. The summed E-state index contributed by atoms with van der Waals surface area (Å²) in [6.45, 7) is 4.17. The number of para-hydroxylation sites is 1. The number of hydrogen-bond acceptors (Lipinski definition) is 4. The van der Waals surface area contributed by atoms with E-state index in [1.165, 1.54) is 17.0 Å². The predicted octanol–water partition coefficient (Wildman–Crippen LogP) is 5.19. The molecule has 1 N–H and O–H groups in total. The van der Waals surface area contributed by atoms with E-state index in [9.17, 15) is 13.2 Å². The van der Waals surface area contributed by atoms with Crippen molar-refractivity contribution in [2.45, 2.75) is 76.9 Å². The lowest BCUT2D eigenvalue weighted by Crippen LogP contribution is -2.46. The van der Waals surface area contributed by atoms with Crippen LogP contribution in [0.25, 0.3) is 0 Å². The maximum atomic E-state index is 13.0. The number of sulfonamides is 1. The van der Waals surface area contributed by atoms with Gasteiger partial charge in [-0.15, -0.1) is 0 Å². The van der Waals surface area contributed by atoms with Crippen molar-refractivity contribution in [1.29, 1.82) is 0 Å². The molecule has 34 heavy (non-hydrogen) atoms. The van der Waals surface area contributed by atoms with E-state index in [0.717, 1.165) is 54.5 Å². The highest BCUT2D eigenvalue weighted by atomic mass is 32.2. The fourth-order valence-corrected chi connectivity index (χ4v) is 6.39. The molecule has 0 saturated heterocycles. The Morgan fingerprint density at radius 3 is 2.56 bits per heavy atom. The standard InChI is InChI=1S/C27H36N2O4S/c1-20-11-9-13-24(21(20)2)29(34(3,31)32)18-10-15-26(30)28-23-19-27(16-7-4-8-17-27)33-25-14-6-5-12-22(23)25/h5-6,9,11-14,23H,4,7-8,10,15-19H2,1-3H3,(H,28,30). The van der Waals surface area contributed by atoms with Crippen LogP contribution in [-0.2, 0) is 14.8 Å². The van der Waals surface area contributed by atoms with Gasteiger partial charge in [-0.2, -0.15) is 0 Å². The zero-order chi connectivity index (χ0) is 24.3. The van der Waals surface area contributed by atoms with Gasteiger partial charge in [0.1, 0.15) is 11.4 Å². The second kappa shape index (κ2) is 9.98. The van der Waals surface area contributed by atoms with Crippen LogP contribution < -0.4 is 14.4 Å². The highest BCUT2D eigenvalue weighted by Gasteiger charge is 2.42. The van der Waals surface area contributed by atoms with E-state index in [-0.39, 0.29) is 30.5 Å². The average Bonchev–Trinajstić information content (AvgIpc) is 2.79. The summed E-state index contributed by atoms with van der Waals surface area (Å²) in [5.74, 6) is 0.821. The summed E-state index contributed by atoms with van der Waals surface area (Å²) in [5.41, 5.74) is 3.49. The molecule has 2 aromatic rings. The lowest BCUT2D eigenvalue weighted by atomic mass is 9.77. The number of carbonyl (C=O) groups excluding carboxylic acids is 1. The number of carbonyl (C=O) groups is 1. The molecule has 1 aliphatic carbocycles. The summed E-state index contributed by atoms with van der Waals surface area (Å²) in [5, 5.41) is 3.23. The van der Waals surface area contributed by atoms with Crippen LogP contribution in [0, 0.1) is 13.8 Å². The van der Waals surface area contributed by atoms with Crippen molar-refractivity contribution in [3.63, 3.8) is 0 Å². The number of fused-ring (bicyclic) bond motifs is 1. The Morgan fingerprint density at radius 1 is 1.09 bits per heavy atom. The van der Waals surface area contributed by atoms with E-state index in [1.807, 2.05) is 56.3 Å². The summed E-state index contributed by atoms with van der Waals surface area (Å²) in [7, 11) is -3.46. The second-order valence-electron chi connectivity index (χ2n) is 9.87. The van der Waals surface area contributed by atoms with E-state index < -0.39 is 10.0 Å². The van der Waals surface area contributed by atoms with Gasteiger partial charge in [-0.3, -0.25) is 9.10 Å². The molecule has 1 aliphatic heterocycles. The lowest BCUT2D eigenvalue weighted by Gasteiger charge is -2.44. The van der Waals surface area contributed by atoms with Crippen LogP contribution in [0.4, 0.5) is 5.69 Å². The highest BCUT2D eigenvalue weighted by molar-refractivity contribution is 7.92. The molecule has 4 rings (SSSR count). The third kappa shape index (κ3) is 5.40. The molecule has 1 spiro atoms. The molecular formula is C27H36N2O4S. The number of ether oxygens (including phenoxy) is 1. The summed E-state index contributed by atoms with van der Waals surface area (Å²) in [6.07, 6.45) is 8.31.